The smallest absolute Gasteiger partial charge is 0.269 e. The van der Waals surface area contributed by atoms with Crippen molar-refractivity contribution in [2.45, 2.75) is 32.8 Å². The van der Waals surface area contributed by atoms with Crippen molar-refractivity contribution < 1.29 is 4.79 Å². The highest BCUT2D eigenvalue weighted by molar-refractivity contribution is 6.17. The summed E-state index contributed by atoms with van der Waals surface area (Å²) in [5.41, 5.74) is 3.57. The third-order valence-electron chi connectivity index (χ3n) is 3.06. The molecular formula is C15H18ClN3O. The number of nitrogens with one attached hydrogen (secondary N) is 1. The van der Waals surface area contributed by atoms with Crippen molar-refractivity contribution in [1.29, 1.82) is 0 Å². The van der Waals surface area contributed by atoms with Crippen LogP contribution in [0.25, 0.3) is 0 Å². The fourth-order valence-corrected chi connectivity index (χ4v) is 2.17. The maximum atomic E-state index is 12.1. The molecule has 0 aliphatic rings. The zero-order valence-corrected chi connectivity index (χ0v) is 12.4. The van der Waals surface area contributed by atoms with Gasteiger partial charge in [0.25, 0.3) is 5.91 Å². The molecule has 0 aliphatic heterocycles. The fourth-order valence-electron chi connectivity index (χ4n) is 1.99. The Morgan fingerprint density at radius 1 is 1.30 bits per heavy atom. The molecular weight excluding hydrogens is 274 g/mol. The van der Waals surface area contributed by atoms with Crippen LogP contribution >= 0.6 is 11.6 Å². The van der Waals surface area contributed by atoms with Crippen LogP contribution in [-0.4, -0.2) is 15.7 Å². The molecule has 1 aromatic heterocycles. The lowest BCUT2D eigenvalue weighted by Gasteiger charge is -2.07. The minimum Gasteiger partial charge on any atom is -0.347 e. The fraction of sp³-hybridized carbons (Fsp3) is 0.333. The SMILES string of the molecule is CCn1nc(C)cc1C(=O)NCc1ccc(CCl)cc1. The molecule has 0 atom stereocenters. The van der Waals surface area contributed by atoms with Crippen LogP contribution in [-0.2, 0) is 19.0 Å². The van der Waals surface area contributed by atoms with Crippen molar-refractivity contribution >= 4 is 17.5 Å². The van der Waals surface area contributed by atoms with Crippen LogP contribution in [0, 0.1) is 6.92 Å². The number of carbonyl (C=O) groups excluding carboxylic acids is 1. The number of hydrogen-bond acceptors (Lipinski definition) is 2. The first-order valence-electron chi connectivity index (χ1n) is 6.60. The summed E-state index contributed by atoms with van der Waals surface area (Å²) in [6.07, 6.45) is 0. The molecule has 0 aliphatic carbocycles. The van der Waals surface area contributed by atoms with Crippen LogP contribution in [0.5, 0.6) is 0 Å². The third kappa shape index (κ3) is 3.39. The topological polar surface area (TPSA) is 46.9 Å². The molecule has 0 spiro atoms. The lowest BCUT2D eigenvalue weighted by molar-refractivity contribution is 0.0940. The Bertz CT molecular complexity index is 590. The normalized spacial score (nSPS) is 10.6. The first kappa shape index (κ1) is 14.6. The van der Waals surface area contributed by atoms with Crippen molar-refractivity contribution in [2.24, 2.45) is 0 Å². The van der Waals surface area contributed by atoms with Crippen LogP contribution in [0.15, 0.2) is 30.3 Å². The Kier molecular flexibility index (Phi) is 4.79. The van der Waals surface area contributed by atoms with E-state index < -0.39 is 0 Å². The molecule has 1 aromatic carbocycles. The van der Waals surface area contributed by atoms with Gasteiger partial charge in [0.1, 0.15) is 5.69 Å². The first-order chi connectivity index (χ1) is 9.63. The minimum atomic E-state index is -0.103. The van der Waals surface area contributed by atoms with Crippen LogP contribution in [0.4, 0.5) is 0 Å². The number of halogens is 1. The average Bonchev–Trinajstić information content (AvgIpc) is 2.86. The van der Waals surface area contributed by atoms with E-state index in [-0.39, 0.29) is 5.91 Å². The second-order valence-electron chi connectivity index (χ2n) is 4.62. The van der Waals surface area contributed by atoms with Crippen LogP contribution in [0.1, 0.15) is 34.2 Å². The van der Waals surface area contributed by atoms with Gasteiger partial charge in [0, 0.05) is 19.0 Å². The summed E-state index contributed by atoms with van der Waals surface area (Å²) < 4.78 is 1.71. The Hall–Kier alpha value is -1.81. The van der Waals surface area contributed by atoms with Crippen molar-refractivity contribution in [2.75, 3.05) is 0 Å². The molecule has 0 fully saturated rings. The molecule has 1 amide bonds. The maximum Gasteiger partial charge on any atom is 0.269 e. The zero-order valence-electron chi connectivity index (χ0n) is 11.7. The van der Waals surface area contributed by atoms with Gasteiger partial charge in [-0.15, -0.1) is 11.6 Å². The van der Waals surface area contributed by atoms with Gasteiger partial charge in [0.05, 0.1) is 5.69 Å². The van der Waals surface area contributed by atoms with Crippen molar-refractivity contribution in [3.8, 4) is 0 Å². The number of amides is 1. The summed E-state index contributed by atoms with van der Waals surface area (Å²) in [7, 11) is 0. The molecule has 2 aromatic rings. The van der Waals surface area contributed by atoms with E-state index in [0.29, 0.717) is 24.7 Å². The third-order valence-corrected chi connectivity index (χ3v) is 3.37. The molecule has 0 saturated heterocycles. The van der Waals surface area contributed by atoms with Gasteiger partial charge in [-0.3, -0.25) is 9.48 Å². The summed E-state index contributed by atoms with van der Waals surface area (Å²) in [5, 5.41) is 7.18. The van der Waals surface area contributed by atoms with Crippen LogP contribution in [0.2, 0.25) is 0 Å². The van der Waals surface area contributed by atoms with Crippen molar-refractivity contribution in [3.05, 3.63) is 52.8 Å². The van der Waals surface area contributed by atoms with E-state index in [2.05, 4.69) is 10.4 Å². The second-order valence-corrected chi connectivity index (χ2v) is 4.89. The second kappa shape index (κ2) is 6.57. The molecule has 106 valence electrons. The molecule has 2 rings (SSSR count). The van der Waals surface area contributed by atoms with Gasteiger partial charge >= 0.3 is 0 Å². The van der Waals surface area contributed by atoms with Crippen molar-refractivity contribution in [3.63, 3.8) is 0 Å². The number of benzene rings is 1. The van der Waals surface area contributed by atoms with E-state index in [0.717, 1.165) is 16.8 Å². The predicted octanol–water partition coefficient (Wildman–Crippen LogP) is 2.88. The largest absolute Gasteiger partial charge is 0.347 e. The monoisotopic (exact) mass is 291 g/mol. The minimum absolute atomic E-state index is 0.103. The average molecular weight is 292 g/mol. The number of aryl methyl sites for hydroxylation is 2. The van der Waals surface area contributed by atoms with Gasteiger partial charge in [-0.25, -0.2) is 0 Å². The molecule has 0 radical (unpaired) electrons. The Morgan fingerprint density at radius 2 is 1.95 bits per heavy atom. The first-order valence-corrected chi connectivity index (χ1v) is 7.14. The summed E-state index contributed by atoms with van der Waals surface area (Å²) in [6, 6.07) is 9.68. The number of aromatic nitrogens is 2. The van der Waals surface area contributed by atoms with E-state index in [1.165, 1.54) is 0 Å². The van der Waals surface area contributed by atoms with E-state index in [1.807, 2.05) is 38.1 Å². The highest BCUT2D eigenvalue weighted by Crippen LogP contribution is 2.08. The number of hydrogen-bond donors (Lipinski definition) is 1. The molecule has 1 heterocycles. The number of alkyl halides is 1. The molecule has 4 nitrogen and oxygen atoms in total. The van der Waals surface area contributed by atoms with Crippen LogP contribution < -0.4 is 5.32 Å². The summed E-state index contributed by atoms with van der Waals surface area (Å²) in [5.74, 6) is 0.399. The molecule has 0 saturated carbocycles. The van der Waals surface area contributed by atoms with Gasteiger partial charge < -0.3 is 5.32 Å². The van der Waals surface area contributed by atoms with Gasteiger partial charge in [0.15, 0.2) is 0 Å². The summed E-state index contributed by atoms with van der Waals surface area (Å²) in [4.78, 5) is 12.1. The predicted molar refractivity (Wildman–Crippen MR) is 79.8 cm³/mol. The molecule has 0 bridgehead atoms. The van der Waals surface area contributed by atoms with Gasteiger partial charge in [0.2, 0.25) is 0 Å². The van der Waals surface area contributed by atoms with E-state index in [9.17, 15) is 4.79 Å². The standard InChI is InChI=1S/C15H18ClN3O/c1-3-19-14(8-11(2)18-19)15(20)17-10-13-6-4-12(9-16)5-7-13/h4-8H,3,9-10H2,1-2H3,(H,17,20). The van der Waals surface area contributed by atoms with E-state index in [1.54, 1.807) is 10.7 Å². The molecule has 1 N–H and O–H groups in total. The van der Waals surface area contributed by atoms with Gasteiger partial charge in [-0.2, -0.15) is 5.10 Å². The number of rotatable bonds is 5. The molecule has 5 heteroatoms. The van der Waals surface area contributed by atoms with Crippen LogP contribution in [0.3, 0.4) is 0 Å². The highest BCUT2D eigenvalue weighted by Gasteiger charge is 2.12. The van der Waals surface area contributed by atoms with E-state index in [4.69, 9.17) is 11.6 Å². The number of carbonyl (C=O) groups is 1. The summed E-state index contributed by atoms with van der Waals surface area (Å²) in [6.45, 7) is 5.03. The summed E-state index contributed by atoms with van der Waals surface area (Å²) >= 11 is 5.74. The van der Waals surface area contributed by atoms with E-state index >= 15 is 0 Å². The number of nitrogens with zero attached hydrogens (tertiary/aromatic N) is 2. The zero-order chi connectivity index (χ0) is 14.5. The van der Waals surface area contributed by atoms with Gasteiger partial charge in [-0.05, 0) is 31.0 Å². The quantitative estimate of drug-likeness (QED) is 0.861. The van der Waals surface area contributed by atoms with Gasteiger partial charge in [-0.1, -0.05) is 24.3 Å². The Balaban J connectivity index is 2.00. The Labute approximate surface area is 123 Å². The van der Waals surface area contributed by atoms with Crippen molar-refractivity contribution in [1.82, 2.24) is 15.1 Å². The lowest BCUT2D eigenvalue weighted by atomic mass is 10.1. The maximum absolute atomic E-state index is 12.1. The molecule has 0 unspecified atom stereocenters. The highest BCUT2D eigenvalue weighted by atomic mass is 35.5. The Morgan fingerprint density at radius 3 is 2.55 bits per heavy atom. The molecule has 20 heavy (non-hydrogen) atoms. The lowest BCUT2D eigenvalue weighted by Crippen LogP contribution is -2.25.